The Morgan fingerprint density at radius 1 is 1.47 bits per heavy atom. The standard InChI is InChI=1S/C16H22N2O/c1-10(8-9-17)18-16(19)15-13-7-6-11-4-2-3-5-12(11)14(13)15/h2-5,10,13-15H,6-9,17H2,1H3,(H,18,19). The molecule has 0 spiro atoms. The Kier molecular flexibility index (Phi) is 3.31. The molecule has 4 unspecified atom stereocenters. The number of carbonyl (C=O) groups excluding carboxylic acids is 1. The van der Waals surface area contributed by atoms with Gasteiger partial charge in [-0.2, -0.15) is 0 Å². The quantitative estimate of drug-likeness (QED) is 0.865. The van der Waals surface area contributed by atoms with E-state index in [0.717, 1.165) is 19.3 Å². The van der Waals surface area contributed by atoms with E-state index in [2.05, 4.69) is 29.6 Å². The van der Waals surface area contributed by atoms with Crippen molar-refractivity contribution in [1.29, 1.82) is 0 Å². The molecule has 0 radical (unpaired) electrons. The zero-order valence-corrected chi connectivity index (χ0v) is 11.4. The molecule has 0 aromatic heterocycles. The number of benzene rings is 1. The molecule has 3 nitrogen and oxygen atoms in total. The highest BCUT2D eigenvalue weighted by Gasteiger charge is 2.56. The topological polar surface area (TPSA) is 55.1 Å². The van der Waals surface area contributed by atoms with Crippen molar-refractivity contribution >= 4 is 5.91 Å². The zero-order chi connectivity index (χ0) is 13.4. The number of aryl methyl sites for hydroxylation is 1. The molecule has 1 aromatic rings. The fourth-order valence-corrected chi connectivity index (χ4v) is 3.59. The van der Waals surface area contributed by atoms with Gasteiger partial charge >= 0.3 is 0 Å². The minimum atomic E-state index is 0.190. The molecule has 0 aliphatic heterocycles. The first-order chi connectivity index (χ1) is 9.22. The highest BCUT2D eigenvalue weighted by molar-refractivity contribution is 5.84. The van der Waals surface area contributed by atoms with Crippen LogP contribution in [0.1, 0.15) is 36.8 Å². The Hall–Kier alpha value is -1.35. The third kappa shape index (κ3) is 2.27. The van der Waals surface area contributed by atoms with E-state index in [-0.39, 0.29) is 17.9 Å². The number of rotatable bonds is 4. The van der Waals surface area contributed by atoms with Gasteiger partial charge in [-0.3, -0.25) is 4.79 Å². The molecule has 0 bridgehead atoms. The number of hydrogen-bond donors (Lipinski definition) is 2. The predicted octanol–water partition coefficient (Wildman–Crippen LogP) is 1.82. The van der Waals surface area contributed by atoms with Crippen LogP contribution in [0.2, 0.25) is 0 Å². The molecule has 1 saturated carbocycles. The Balaban J connectivity index is 1.69. The SMILES string of the molecule is CC(CCN)NC(=O)C1C2CCc3ccccc3C21. The van der Waals surface area contributed by atoms with E-state index in [0.29, 0.717) is 18.4 Å². The van der Waals surface area contributed by atoms with Crippen molar-refractivity contribution < 1.29 is 4.79 Å². The van der Waals surface area contributed by atoms with Gasteiger partial charge in [0.25, 0.3) is 0 Å². The molecule has 2 aliphatic carbocycles. The van der Waals surface area contributed by atoms with Crippen LogP contribution in [0.25, 0.3) is 0 Å². The van der Waals surface area contributed by atoms with E-state index in [9.17, 15) is 4.79 Å². The van der Waals surface area contributed by atoms with Crippen molar-refractivity contribution in [1.82, 2.24) is 5.32 Å². The molecule has 3 rings (SSSR count). The normalized spacial score (nSPS) is 29.1. The fourth-order valence-electron chi connectivity index (χ4n) is 3.59. The van der Waals surface area contributed by atoms with Crippen molar-refractivity contribution in [3.05, 3.63) is 35.4 Å². The molecular weight excluding hydrogens is 236 g/mol. The summed E-state index contributed by atoms with van der Waals surface area (Å²) in [5.74, 6) is 1.46. The maximum absolute atomic E-state index is 12.3. The van der Waals surface area contributed by atoms with Crippen molar-refractivity contribution in [2.45, 2.75) is 38.1 Å². The maximum Gasteiger partial charge on any atom is 0.224 e. The van der Waals surface area contributed by atoms with E-state index < -0.39 is 0 Å². The Morgan fingerprint density at radius 2 is 2.26 bits per heavy atom. The molecule has 3 N–H and O–H groups in total. The number of amides is 1. The summed E-state index contributed by atoms with van der Waals surface area (Å²) in [7, 11) is 0. The summed E-state index contributed by atoms with van der Waals surface area (Å²) in [5.41, 5.74) is 8.37. The van der Waals surface area contributed by atoms with Gasteiger partial charge in [0.1, 0.15) is 0 Å². The Labute approximate surface area is 114 Å². The Bertz CT molecular complexity index is 485. The molecule has 4 atom stereocenters. The van der Waals surface area contributed by atoms with Crippen LogP contribution in [0, 0.1) is 11.8 Å². The number of nitrogens with one attached hydrogen (secondary N) is 1. The van der Waals surface area contributed by atoms with Gasteiger partial charge in [-0.05, 0) is 55.7 Å². The highest BCUT2D eigenvalue weighted by Crippen LogP contribution is 2.59. The molecule has 1 amide bonds. The minimum absolute atomic E-state index is 0.190. The molecule has 0 heterocycles. The highest BCUT2D eigenvalue weighted by atomic mass is 16.2. The summed E-state index contributed by atoms with van der Waals surface area (Å²) in [5, 5.41) is 3.11. The van der Waals surface area contributed by atoms with Gasteiger partial charge in [-0.15, -0.1) is 0 Å². The van der Waals surface area contributed by atoms with Gasteiger partial charge < -0.3 is 11.1 Å². The molecule has 102 valence electrons. The van der Waals surface area contributed by atoms with Gasteiger partial charge in [-0.25, -0.2) is 0 Å². The predicted molar refractivity (Wildman–Crippen MR) is 75.8 cm³/mol. The lowest BCUT2D eigenvalue weighted by Crippen LogP contribution is -2.35. The average molecular weight is 258 g/mol. The van der Waals surface area contributed by atoms with E-state index >= 15 is 0 Å². The number of carbonyl (C=O) groups is 1. The third-order valence-electron chi connectivity index (χ3n) is 4.62. The van der Waals surface area contributed by atoms with Crippen LogP contribution < -0.4 is 11.1 Å². The van der Waals surface area contributed by atoms with Gasteiger partial charge in [-0.1, -0.05) is 24.3 Å². The second-order valence-electron chi connectivity index (χ2n) is 5.94. The average Bonchev–Trinajstić information content (AvgIpc) is 3.13. The van der Waals surface area contributed by atoms with Crippen LogP contribution in [0.4, 0.5) is 0 Å². The van der Waals surface area contributed by atoms with Crippen molar-refractivity contribution in [2.75, 3.05) is 6.54 Å². The van der Waals surface area contributed by atoms with Gasteiger partial charge in [0.05, 0.1) is 0 Å². The first kappa shape index (κ1) is 12.7. The maximum atomic E-state index is 12.3. The fraction of sp³-hybridized carbons (Fsp3) is 0.562. The second-order valence-corrected chi connectivity index (χ2v) is 5.94. The molecule has 1 fully saturated rings. The van der Waals surface area contributed by atoms with Crippen LogP contribution in [-0.2, 0) is 11.2 Å². The summed E-state index contributed by atoms with van der Waals surface area (Å²) in [6, 6.07) is 8.78. The number of nitrogens with two attached hydrogens (primary N) is 1. The first-order valence-electron chi connectivity index (χ1n) is 7.30. The van der Waals surface area contributed by atoms with Crippen molar-refractivity contribution in [2.24, 2.45) is 17.6 Å². The minimum Gasteiger partial charge on any atom is -0.353 e. The van der Waals surface area contributed by atoms with Crippen molar-refractivity contribution in [3.8, 4) is 0 Å². The summed E-state index contributed by atoms with van der Waals surface area (Å²) >= 11 is 0. The van der Waals surface area contributed by atoms with Crippen LogP contribution >= 0.6 is 0 Å². The third-order valence-corrected chi connectivity index (χ3v) is 4.62. The van der Waals surface area contributed by atoms with Crippen LogP contribution in [0.5, 0.6) is 0 Å². The number of fused-ring (bicyclic) bond motifs is 3. The van der Waals surface area contributed by atoms with E-state index in [1.807, 2.05) is 6.92 Å². The molecule has 2 aliphatic rings. The van der Waals surface area contributed by atoms with E-state index in [4.69, 9.17) is 5.73 Å². The van der Waals surface area contributed by atoms with Crippen LogP contribution in [-0.4, -0.2) is 18.5 Å². The number of hydrogen-bond acceptors (Lipinski definition) is 2. The smallest absolute Gasteiger partial charge is 0.224 e. The Morgan fingerprint density at radius 3 is 3.05 bits per heavy atom. The van der Waals surface area contributed by atoms with E-state index in [1.54, 1.807) is 0 Å². The summed E-state index contributed by atoms with van der Waals surface area (Å²) in [6.07, 6.45) is 3.13. The zero-order valence-electron chi connectivity index (χ0n) is 11.4. The van der Waals surface area contributed by atoms with Gasteiger partial charge in [0.15, 0.2) is 0 Å². The first-order valence-corrected chi connectivity index (χ1v) is 7.30. The molecule has 1 aromatic carbocycles. The van der Waals surface area contributed by atoms with Crippen LogP contribution in [0.3, 0.4) is 0 Å². The van der Waals surface area contributed by atoms with Crippen molar-refractivity contribution in [3.63, 3.8) is 0 Å². The van der Waals surface area contributed by atoms with Gasteiger partial charge in [0, 0.05) is 12.0 Å². The summed E-state index contributed by atoms with van der Waals surface area (Å²) in [4.78, 5) is 12.3. The summed E-state index contributed by atoms with van der Waals surface area (Å²) < 4.78 is 0. The lowest BCUT2D eigenvalue weighted by Gasteiger charge is -2.13. The molecular formula is C16H22N2O. The molecule has 19 heavy (non-hydrogen) atoms. The van der Waals surface area contributed by atoms with E-state index in [1.165, 1.54) is 11.1 Å². The molecule has 3 heteroatoms. The second kappa shape index (κ2) is 4.97. The molecule has 0 saturated heterocycles. The largest absolute Gasteiger partial charge is 0.353 e. The lowest BCUT2D eigenvalue weighted by molar-refractivity contribution is -0.123. The summed E-state index contributed by atoms with van der Waals surface area (Å²) in [6.45, 7) is 2.66. The lowest BCUT2D eigenvalue weighted by atomic mass is 9.92. The van der Waals surface area contributed by atoms with Gasteiger partial charge in [0.2, 0.25) is 5.91 Å². The van der Waals surface area contributed by atoms with Crippen LogP contribution in [0.15, 0.2) is 24.3 Å². The monoisotopic (exact) mass is 258 g/mol.